The Hall–Kier alpha value is -4.36. The number of hydrogen-bond donors (Lipinski definition) is 1. The molecule has 11 nitrogen and oxygen atoms in total. The van der Waals surface area contributed by atoms with Crippen LogP contribution in [0.4, 0.5) is 18.0 Å². The summed E-state index contributed by atoms with van der Waals surface area (Å²) in [4.78, 5) is 58.3. The number of para-hydroxylation sites is 1. The standard InChI is InChI=1S/C27H31F3N4O7/c1-3-40-27(38)34-13-11-33(12-14-34)26(37)17(8-9-20(35)39-2)22-21(25(31)36)23(41-15-10-18(28)24(29)30)16-6-4-5-7-19(16)32-22/h4-7,17H,3,8-15H2,1-2H3,(H2,31,36). The summed E-state index contributed by atoms with van der Waals surface area (Å²) in [6.45, 7) is 2.01. The fraction of sp³-hybridized carbons (Fsp3) is 0.444. The van der Waals surface area contributed by atoms with Crippen molar-refractivity contribution in [2.24, 2.45) is 5.73 Å². The molecule has 0 aliphatic carbocycles. The maximum atomic E-state index is 13.9. The molecule has 0 spiro atoms. The number of piperazine rings is 1. The molecular formula is C27H31F3N4O7. The molecule has 0 saturated carbocycles. The van der Waals surface area contributed by atoms with Gasteiger partial charge in [-0.3, -0.25) is 19.4 Å². The van der Waals surface area contributed by atoms with E-state index in [4.69, 9.17) is 19.9 Å². The summed E-state index contributed by atoms with van der Waals surface area (Å²) < 4.78 is 54.0. The summed E-state index contributed by atoms with van der Waals surface area (Å²) in [5.41, 5.74) is 5.65. The molecule has 2 aromatic rings. The number of amides is 3. The van der Waals surface area contributed by atoms with E-state index in [0.29, 0.717) is 0 Å². The Bertz CT molecular complexity index is 1330. The van der Waals surface area contributed by atoms with Crippen LogP contribution in [-0.2, 0) is 19.1 Å². The van der Waals surface area contributed by atoms with Gasteiger partial charge in [0.2, 0.25) is 5.91 Å². The van der Waals surface area contributed by atoms with Gasteiger partial charge in [-0.25, -0.2) is 9.18 Å². The Labute approximate surface area is 234 Å². The number of hydrogen-bond acceptors (Lipinski definition) is 8. The molecule has 2 heterocycles. The zero-order valence-corrected chi connectivity index (χ0v) is 22.7. The number of carbonyl (C=O) groups is 4. The van der Waals surface area contributed by atoms with Gasteiger partial charge in [0.05, 0.1) is 37.5 Å². The van der Waals surface area contributed by atoms with Gasteiger partial charge in [-0.15, -0.1) is 0 Å². The summed E-state index contributed by atoms with van der Waals surface area (Å²) in [6.07, 6.45) is -4.08. The molecule has 1 aliphatic heterocycles. The van der Waals surface area contributed by atoms with Gasteiger partial charge in [0.1, 0.15) is 11.3 Å². The first-order valence-corrected chi connectivity index (χ1v) is 12.9. The number of fused-ring (bicyclic) bond motifs is 1. The molecule has 1 aliphatic rings. The maximum Gasteiger partial charge on any atom is 0.409 e. The number of primary amides is 1. The molecule has 1 aromatic carbocycles. The van der Waals surface area contributed by atoms with E-state index < -0.39 is 54.7 Å². The van der Waals surface area contributed by atoms with E-state index in [1.54, 1.807) is 31.2 Å². The van der Waals surface area contributed by atoms with Crippen LogP contribution in [0.5, 0.6) is 5.75 Å². The Kier molecular flexibility index (Phi) is 10.9. The van der Waals surface area contributed by atoms with Crippen LogP contribution < -0.4 is 10.5 Å². The number of ether oxygens (including phenoxy) is 3. The van der Waals surface area contributed by atoms with Gasteiger partial charge in [-0.2, -0.15) is 8.78 Å². The number of esters is 1. The van der Waals surface area contributed by atoms with Crippen LogP contribution in [0, 0.1) is 0 Å². The molecule has 2 N–H and O–H groups in total. The van der Waals surface area contributed by atoms with Gasteiger partial charge in [0.25, 0.3) is 5.91 Å². The summed E-state index contributed by atoms with van der Waals surface area (Å²) >= 11 is 0. The Morgan fingerprint density at radius 3 is 2.29 bits per heavy atom. The molecule has 14 heteroatoms. The lowest BCUT2D eigenvalue weighted by Crippen LogP contribution is -2.52. The summed E-state index contributed by atoms with van der Waals surface area (Å²) in [5.74, 6) is -5.10. The Morgan fingerprint density at radius 2 is 1.68 bits per heavy atom. The molecule has 3 rings (SSSR count). The number of rotatable bonds is 11. The SMILES string of the molecule is CCOC(=O)N1CCN(C(=O)C(CCC(=O)OC)c2nc3ccccc3c(OCCC(F)=C(F)F)c2C(N)=O)CC1. The highest BCUT2D eigenvalue weighted by Crippen LogP contribution is 2.37. The predicted octanol–water partition coefficient (Wildman–Crippen LogP) is 3.52. The molecule has 1 atom stereocenters. The van der Waals surface area contributed by atoms with Crippen molar-refractivity contribution in [1.29, 1.82) is 0 Å². The summed E-state index contributed by atoms with van der Waals surface area (Å²) in [5, 5.41) is 0.289. The van der Waals surface area contributed by atoms with Gasteiger partial charge in [0.15, 0.2) is 5.83 Å². The topological polar surface area (TPSA) is 141 Å². The Balaban J connectivity index is 2.05. The lowest BCUT2D eigenvalue weighted by molar-refractivity contribution is -0.141. The quantitative estimate of drug-likeness (QED) is 0.398. The molecule has 0 bridgehead atoms. The second-order valence-corrected chi connectivity index (χ2v) is 9.02. The van der Waals surface area contributed by atoms with Crippen molar-refractivity contribution in [3.05, 3.63) is 47.4 Å². The second kappa shape index (κ2) is 14.3. The van der Waals surface area contributed by atoms with Crippen molar-refractivity contribution in [2.75, 3.05) is 46.5 Å². The minimum Gasteiger partial charge on any atom is -0.492 e. The van der Waals surface area contributed by atoms with Gasteiger partial charge < -0.3 is 29.7 Å². The van der Waals surface area contributed by atoms with Crippen molar-refractivity contribution in [1.82, 2.24) is 14.8 Å². The van der Waals surface area contributed by atoms with Crippen molar-refractivity contribution in [3.63, 3.8) is 0 Å². The van der Waals surface area contributed by atoms with Crippen LogP contribution in [0.15, 0.2) is 36.2 Å². The molecule has 3 amide bonds. The van der Waals surface area contributed by atoms with E-state index in [9.17, 15) is 32.3 Å². The second-order valence-electron chi connectivity index (χ2n) is 9.02. The molecule has 0 radical (unpaired) electrons. The van der Waals surface area contributed by atoms with Crippen molar-refractivity contribution in [3.8, 4) is 5.75 Å². The summed E-state index contributed by atoms with van der Waals surface area (Å²) in [7, 11) is 1.19. The van der Waals surface area contributed by atoms with Gasteiger partial charge in [0, 0.05) is 44.4 Å². The van der Waals surface area contributed by atoms with E-state index in [2.05, 4.69) is 4.98 Å². The third kappa shape index (κ3) is 7.64. The minimum atomic E-state index is -2.49. The molecule has 1 unspecified atom stereocenters. The minimum absolute atomic E-state index is 0.0828. The highest BCUT2D eigenvalue weighted by atomic mass is 19.3. The predicted molar refractivity (Wildman–Crippen MR) is 140 cm³/mol. The molecule has 222 valence electrons. The monoisotopic (exact) mass is 580 g/mol. The molecule has 1 fully saturated rings. The van der Waals surface area contributed by atoms with E-state index in [1.807, 2.05) is 0 Å². The third-order valence-corrected chi connectivity index (χ3v) is 6.50. The lowest BCUT2D eigenvalue weighted by atomic mass is 9.91. The lowest BCUT2D eigenvalue weighted by Gasteiger charge is -2.36. The van der Waals surface area contributed by atoms with Gasteiger partial charge in [-0.1, -0.05) is 12.1 Å². The first-order chi connectivity index (χ1) is 19.6. The van der Waals surface area contributed by atoms with Crippen LogP contribution in [-0.4, -0.2) is 85.2 Å². The Morgan fingerprint density at radius 1 is 1.02 bits per heavy atom. The number of halogens is 3. The van der Waals surface area contributed by atoms with Crippen LogP contribution in [0.3, 0.4) is 0 Å². The molecule has 41 heavy (non-hydrogen) atoms. The van der Waals surface area contributed by atoms with Gasteiger partial charge in [-0.05, 0) is 25.5 Å². The fourth-order valence-corrected chi connectivity index (χ4v) is 4.46. The van der Waals surface area contributed by atoms with E-state index in [0.717, 1.165) is 0 Å². The smallest absolute Gasteiger partial charge is 0.409 e. The average Bonchev–Trinajstić information content (AvgIpc) is 2.96. The average molecular weight is 581 g/mol. The van der Waals surface area contributed by atoms with Crippen molar-refractivity contribution >= 4 is 34.8 Å². The normalized spacial score (nSPS) is 13.9. The van der Waals surface area contributed by atoms with Crippen LogP contribution in [0.2, 0.25) is 0 Å². The first-order valence-electron chi connectivity index (χ1n) is 12.9. The van der Waals surface area contributed by atoms with E-state index in [-0.39, 0.29) is 73.5 Å². The van der Waals surface area contributed by atoms with Crippen molar-refractivity contribution in [2.45, 2.75) is 32.1 Å². The van der Waals surface area contributed by atoms with E-state index in [1.165, 1.54) is 16.9 Å². The number of methoxy groups -OCH3 is 1. The number of nitrogens with zero attached hydrogens (tertiary/aromatic N) is 3. The maximum absolute atomic E-state index is 13.9. The zero-order chi connectivity index (χ0) is 30.1. The number of pyridine rings is 1. The van der Waals surface area contributed by atoms with E-state index >= 15 is 0 Å². The van der Waals surface area contributed by atoms with Crippen LogP contribution >= 0.6 is 0 Å². The number of nitrogens with two attached hydrogens (primary N) is 1. The van der Waals surface area contributed by atoms with Gasteiger partial charge >= 0.3 is 18.1 Å². The third-order valence-electron chi connectivity index (χ3n) is 6.50. The highest BCUT2D eigenvalue weighted by Gasteiger charge is 2.35. The fourth-order valence-electron chi connectivity index (χ4n) is 4.46. The van der Waals surface area contributed by atoms with Crippen molar-refractivity contribution < 1.29 is 46.6 Å². The van der Waals surface area contributed by atoms with Crippen LogP contribution in [0.1, 0.15) is 48.2 Å². The number of benzene rings is 1. The number of aromatic nitrogens is 1. The number of carbonyl (C=O) groups excluding carboxylic acids is 4. The summed E-state index contributed by atoms with van der Waals surface area (Å²) in [6, 6.07) is 6.40. The molecule has 1 saturated heterocycles. The van der Waals surface area contributed by atoms with Crippen LogP contribution in [0.25, 0.3) is 10.9 Å². The largest absolute Gasteiger partial charge is 0.492 e. The first kappa shape index (κ1) is 31.2. The molecule has 1 aromatic heterocycles. The highest BCUT2D eigenvalue weighted by molar-refractivity contribution is 6.04. The molecular weight excluding hydrogens is 549 g/mol. The zero-order valence-electron chi connectivity index (χ0n) is 22.7.